The quantitative estimate of drug-likeness (QED) is 0.703. The van der Waals surface area contributed by atoms with Gasteiger partial charge in [0.25, 0.3) is 5.91 Å². The number of amides is 2. The summed E-state index contributed by atoms with van der Waals surface area (Å²) in [5, 5.41) is 10.9. The molecule has 6 nitrogen and oxygen atoms in total. The molecule has 21 heavy (non-hydrogen) atoms. The lowest BCUT2D eigenvalue weighted by molar-refractivity contribution is -0.139. The fourth-order valence-corrected chi connectivity index (χ4v) is 1.94. The van der Waals surface area contributed by atoms with Crippen molar-refractivity contribution in [2.75, 3.05) is 0 Å². The van der Waals surface area contributed by atoms with Crippen LogP contribution in [0.4, 0.5) is 8.78 Å². The predicted octanol–water partition coefficient (Wildman–Crippen LogP) is 1.18. The number of carboxylic acid groups (broad SMARTS) is 1. The molecule has 0 bridgehead atoms. The molecule has 0 saturated heterocycles. The lowest BCUT2D eigenvalue weighted by atomic mass is 10.1. The van der Waals surface area contributed by atoms with Crippen LogP contribution in [0.2, 0.25) is 0 Å². The maximum absolute atomic E-state index is 13.6. The molecule has 9 heteroatoms. The van der Waals surface area contributed by atoms with Crippen LogP contribution >= 0.6 is 15.9 Å². The number of benzene rings is 1. The van der Waals surface area contributed by atoms with E-state index in [1.54, 1.807) is 0 Å². The molecular weight excluding hydrogens is 354 g/mol. The Bertz CT molecular complexity index is 572. The topological polar surface area (TPSA) is 109 Å². The molecule has 1 atom stereocenters. The summed E-state index contributed by atoms with van der Waals surface area (Å²) in [6, 6.07) is 0.265. The number of rotatable bonds is 6. The van der Waals surface area contributed by atoms with Gasteiger partial charge in [-0.25, -0.2) is 13.6 Å². The molecule has 4 N–H and O–H groups in total. The van der Waals surface area contributed by atoms with Gasteiger partial charge in [0.05, 0.1) is 0 Å². The van der Waals surface area contributed by atoms with E-state index in [0.717, 1.165) is 12.1 Å². The van der Waals surface area contributed by atoms with Gasteiger partial charge >= 0.3 is 5.97 Å². The van der Waals surface area contributed by atoms with Crippen LogP contribution in [-0.2, 0) is 9.59 Å². The Hall–Kier alpha value is -2.03. The van der Waals surface area contributed by atoms with E-state index >= 15 is 0 Å². The van der Waals surface area contributed by atoms with Crippen molar-refractivity contribution in [3.8, 4) is 0 Å². The molecule has 114 valence electrons. The number of aliphatic carboxylic acids is 1. The molecule has 0 heterocycles. The highest BCUT2D eigenvalue weighted by Crippen LogP contribution is 2.19. The molecule has 1 rings (SSSR count). The van der Waals surface area contributed by atoms with Crippen molar-refractivity contribution in [1.29, 1.82) is 0 Å². The molecule has 1 aromatic carbocycles. The molecular formula is C12H11BrF2N2O4. The molecule has 0 aromatic heterocycles. The maximum Gasteiger partial charge on any atom is 0.326 e. The molecule has 2 amide bonds. The molecule has 0 aliphatic carbocycles. The maximum atomic E-state index is 13.6. The minimum Gasteiger partial charge on any atom is -0.480 e. The van der Waals surface area contributed by atoms with Crippen LogP contribution < -0.4 is 11.1 Å². The lowest BCUT2D eigenvalue weighted by Crippen LogP contribution is -2.42. The summed E-state index contributed by atoms with van der Waals surface area (Å²) in [5.41, 5.74) is 3.98. The third-order valence-electron chi connectivity index (χ3n) is 2.52. The van der Waals surface area contributed by atoms with Crippen molar-refractivity contribution in [3.63, 3.8) is 0 Å². The molecule has 0 aliphatic heterocycles. The van der Waals surface area contributed by atoms with Gasteiger partial charge in [0, 0.05) is 10.9 Å². The van der Waals surface area contributed by atoms with Gasteiger partial charge in [-0.2, -0.15) is 0 Å². The number of hydrogen-bond acceptors (Lipinski definition) is 3. The van der Waals surface area contributed by atoms with Gasteiger partial charge in [0.1, 0.15) is 23.2 Å². The Kier molecular flexibility index (Phi) is 5.77. The first-order chi connectivity index (χ1) is 9.72. The number of carboxylic acids is 1. The largest absolute Gasteiger partial charge is 0.480 e. The van der Waals surface area contributed by atoms with Crippen LogP contribution in [-0.4, -0.2) is 28.9 Å². The fourth-order valence-electron chi connectivity index (χ4n) is 1.53. The summed E-state index contributed by atoms with van der Waals surface area (Å²) in [6.45, 7) is 0. The summed E-state index contributed by atoms with van der Waals surface area (Å²) >= 11 is 2.85. The predicted molar refractivity (Wildman–Crippen MR) is 71.4 cm³/mol. The van der Waals surface area contributed by atoms with Crippen molar-refractivity contribution in [3.05, 3.63) is 33.8 Å². The highest BCUT2D eigenvalue weighted by molar-refractivity contribution is 9.10. The van der Waals surface area contributed by atoms with E-state index in [-0.39, 0.29) is 17.3 Å². The summed E-state index contributed by atoms with van der Waals surface area (Å²) < 4.78 is 27.2. The van der Waals surface area contributed by atoms with E-state index in [0.29, 0.717) is 0 Å². The van der Waals surface area contributed by atoms with E-state index in [9.17, 15) is 23.2 Å². The lowest BCUT2D eigenvalue weighted by Gasteiger charge is -2.14. The van der Waals surface area contributed by atoms with Gasteiger partial charge in [-0.05, 0) is 18.6 Å². The summed E-state index contributed by atoms with van der Waals surface area (Å²) in [7, 11) is 0. The molecule has 0 fully saturated rings. The van der Waals surface area contributed by atoms with Crippen molar-refractivity contribution in [1.82, 2.24) is 5.32 Å². The standard InChI is InChI=1S/C12H11BrF2N2O4/c13-5-3-6(14)10(7(15)4-5)11(19)17-8(12(20)21)1-2-9(16)18/h3-4,8H,1-2H2,(H2,16,18)(H,17,19)(H,20,21)/t8-/m1/s1. The number of nitrogens with two attached hydrogens (primary N) is 1. The van der Waals surface area contributed by atoms with Gasteiger partial charge in [-0.1, -0.05) is 15.9 Å². The second-order valence-corrected chi connectivity index (χ2v) is 5.03. The molecule has 0 radical (unpaired) electrons. The first kappa shape index (κ1) is 17.0. The Morgan fingerprint density at radius 1 is 1.29 bits per heavy atom. The highest BCUT2D eigenvalue weighted by atomic mass is 79.9. The van der Waals surface area contributed by atoms with E-state index in [1.165, 1.54) is 0 Å². The number of carbonyl (C=O) groups is 3. The Labute approximate surface area is 126 Å². The van der Waals surface area contributed by atoms with Crippen molar-refractivity contribution in [2.24, 2.45) is 5.73 Å². The highest BCUT2D eigenvalue weighted by Gasteiger charge is 2.25. The second kappa shape index (κ2) is 7.11. The van der Waals surface area contributed by atoms with Crippen LogP contribution in [0.5, 0.6) is 0 Å². The Morgan fingerprint density at radius 3 is 2.24 bits per heavy atom. The number of nitrogens with one attached hydrogen (secondary N) is 1. The van der Waals surface area contributed by atoms with Crippen LogP contribution in [0, 0.1) is 11.6 Å². The molecule has 0 spiro atoms. The molecule has 0 saturated carbocycles. The van der Waals surface area contributed by atoms with Crippen LogP contribution in [0.15, 0.2) is 16.6 Å². The summed E-state index contributed by atoms with van der Waals surface area (Å²) in [5.74, 6) is -5.70. The van der Waals surface area contributed by atoms with Gasteiger partial charge in [-0.3, -0.25) is 9.59 Å². The average molecular weight is 365 g/mol. The van der Waals surface area contributed by atoms with E-state index in [2.05, 4.69) is 15.9 Å². The first-order valence-corrected chi connectivity index (χ1v) is 6.48. The van der Waals surface area contributed by atoms with Crippen molar-refractivity contribution < 1.29 is 28.3 Å². The normalized spacial score (nSPS) is 11.8. The van der Waals surface area contributed by atoms with Crippen LogP contribution in [0.1, 0.15) is 23.2 Å². The Morgan fingerprint density at radius 2 is 1.81 bits per heavy atom. The third kappa shape index (κ3) is 4.78. The number of primary amides is 1. The van der Waals surface area contributed by atoms with Gasteiger partial charge in [0.15, 0.2) is 0 Å². The summed E-state index contributed by atoms with van der Waals surface area (Å²) in [6.07, 6.45) is -0.571. The monoisotopic (exact) mass is 364 g/mol. The number of hydrogen-bond donors (Lipinski definition) is 3. The van der Waals surface area contributed by atoms with Crippen LogP contribution in [0.3, 0.4) is 0 Å². The van der Waals surface area contributed by atoms with Gasteiger partial charge in [0.2, 0.25) is 5.91 Å². The first-order valence-electron chi connectivity index (χ1n) is 5.69. The van der Waals surface area contributed by atoms with Gasteiger partial charge in [-0.15, -0.1) is 0 Å². The minimum absolute atomic E-state index is 0.0950. The second-order valence-electron chi connectivity index (χ2n) is 4.11. The zero-order chi connectivity index (χ0) is 16.2. The SMILES string of the molecule is NC(=O)CC[C@@H](NC(=O)c1c(F)cc(Br)cc1F)C(=O)O. The zero-order valence-electron chi connectivity index (χ0n) is 10.5. The van der Waals surface area contributed by atoms with Crippen molar-refractivity contribution in [2.45, 2.75) is 18.9 Å². The van der Waals surface area contributed by atoms with E-state index in [4.69, 9.17) is 10.8 Å². The smallest absolute Gasteiger partial charge is 0.326 e. The minimum atomic E-state index is -1.48. The molecule has 1 aromatic rings. The Balaban J connectivity index is 2.92. The van der Waals surface area contributed by atoms with Crippen molar-refractivity contribution >= 4 is 33.7 Å². The molecule has 0 unspecified atom stereocenters. The number of carbonyl (C=O) groups excluding carboxylic acids is 2. The fraction of sp³-hybridized carbons (Fsp3) is 0.250. The van der Waals surface area contributed by atoms with E-state index in [1.807, 2.05) is 5.32 Å². The van der Waals surface area contributed by atoms with Crippen LogP contribution in [0.25, 0.3) is 0 Å². The average Bonchev–Trinajstić information content (AvgIpc) is 2.32. The zero-order valence-corrected chi connectivity index (χ0v) is 12.1. The number of halogens is 3. The van der Waals surface area contributed by atoms with Gasteiger partial charge < -0.3 is 16.2 Å². The molecule has 0 aliphatic rings. The third-order valence-corrected chi connectivity index (χ3v) is 2.97. The summed E-state index contributed by atoms with van der Waals surface area (Å²) in [4.78, 5) is 33.3. The van der Waals surface area contributed by atoms with E-state index < -0.39 is 41.0 Å².